The SMILES string of the molecule is CC(C)NCC(C)(C)CN1CCCC(O)C1. The van der Waals surface area contributed by atoms with Crippen LogP contribution < -0.4 is 5.32 Å². The van der Waals surface area contributed by atoms with Crippen LogP contribution in [0.2, 0.25) is 0 Å². The lowest BCUT2D eigenvalue weighted by Crippen LogP contribution is -2.46. The number of likely N-dealkylation sites (tertiary alicyclic amines) is 1. The molecule has 2 N–H and O–H groups in total. The van der Waals surface area contributed by atoms with E-state index in [9.17, 15) is 5.11 Å². The highest BCUT2D eigenvalue weighted by Crippen LogP contribution is 2.19. The molecule has 1 atom stereocenters. The van der Waals surface area contributed by atoms with Gasteiger partial charge in [-0.2, -0.15) is 0 Å². The molecule has 16 heavy (non-hydrogen) atoms. The van der Waals surface area contributed by atoms with Crippen molar-refractivity contribution in [3.05, 3.63) is 0 Å². The number of nitrogens with zero attached hydrogens (tertiary/aromatic N) is 1. The summed E-state index contributed by atoms with van der Waals surface area (Å²) >= 11 is 0. The molecule has 0 saturated carbocycles. The van der Waals surface area contributed by atoms with Crippen molar-refractivity contribution in [2.45, 2.75) is 52.7 Å². The Labute approximate surface area is 100 Å². The van der Waals surface area contributed by atoms with E-state index in [0.717, 1.165) is 39.0 Å². The van der Waals surface area contributed by atoms with Crippen LogP contribution in [0.15, 0.2) is 0 Å². The molecule has 96 valence electrons. The second kappa shape index (κ2) is 5.99. The van der Waals surface area contributed by atoms with Gasteiger partial charge in [0.2, 0.25) is 0 Å². The highest BCUT2D eigenvalue weighted by molar-refractivity contribution is 4.80. The van der Waals surface area contributed by atoms with Crippen molar-refractivity contribution in [1.82, 2.24) is 10.2 Å². The van der Waals surface area contributed by atoms with Crippen LogP contribution in [-0.4, -0.2) is 48.3 Å². The lowest BCUT2D eigenvalue weighted by Gasteiger charge is -2.37. The summed E-state index contributed by atoms with van der Waals surface area (Å²) in [5.41, 5.74) is 0.279. The molecule has 0 aliphatic carbocycles. The maximum absolute atomic E-state index is 9.64. The average molecular weight is 228 g/mol. The third-order valence-electron chi connectivity index (χ3n) is 3.12. The van der Waals surface area contributed by atoms with Gasteiger partial charge < -0.3 is 15.3 Å². The van der Waals surface area contributed by atoms with Crippen molar-refractivity contribution >= 4 is 0 Å². The van der Waals surface area contributed by atoms with Gasteiger partial charge in [-0.25, -0.2) is 0 Å². The molecular weight excluding hydrogens is 200 g/mol. The number of rotatable bonds is 5. The molecule has 0 bridgehead atoms. The van der Waals surface area contributed by atoms with Crippen LogP contribution >= 0.6 is 0 Å². The normalized spacial score (nSPS) is 24.0. The molecule has 0 aromatic rings. The van der Waals surface area contributed by atoms with Crippen LogP contribution in [0.1, 0.15) is 40.5 Å². The third kappa shape index (κ3) is 5.28. The molecule has 3 heteroatoms. The number of hydrogen-bond acceptors (Lipinski definition) is 3. The Bertz CT molecular complexity index is 204. The van der Waals surface area contributed by atoms with Crippen molar-refractivity contribution in [2.24, 2.45) is 5.41 Å². The summed E-state index contributed by atoms with van der Waals surface area (Å²) < 4.78 is 0. The first-order valence-electron chi connectivity index (χ1n) is 6.53. The Morgan fingerprint density at radius 2 is 2.12 bits per heavy atom. The van der Waals surface area contributed by atoms with Crippen LogP contribution in [0, 0.1) is 5.41 Å². The molecule has 0 aromatic heterocycles. The first-order valence-corrected chi connectivity index (χ1v) is 6.53. The van der Waals surface area contributed by atoms with Gasteiger partial charge in [-0.1, -0.05) is 27.7 Å². The maximum Gasteiger partial charge on any atom is 0.0667 e. The molecule has 1 fully saturated rings. The van der Waals surface area contributed by atoms with Crippen LogP contribution in [-0.2, 0) is 0 Å². The van der Waals surface area contributed by atoms with Crippen molar-refractivity contribution < 1.29 is 5.11 Å². The predicted molar refractivity (Wildman–Crippen MR) is 68.6 cm³/mol. The molecule has 1 unspecified atom stereocenters. The zero-order valence-corrected chi connectivity index (χ0v) is 11.3. The van der Waals surface area contributed by atoms with E-state index in [-0.39, 0.29) is 11.5 Å². The summed E-state index contributed by atoms with van der Waals surface area (Å²) in [7, 11) is 0. The van der Waals surface area contributed by atoms with Crippen LogP contribution in [0.3, 0.4) is 0 Å². The van der Waals surface area contributed by atoms with E-state index in [2.05, 4.69) is 37.9 Å². The minimum atomic E-state index is -0.109. The van der Waals surface area contributed by atoms with E-state index in [0.29, 0.717) is 6.04 Å². The van der Waals surface area contributed by atoms with Gasteiger partial charge >= 0.3 is 0 Å². The Morgan fingerprint density at radius 3 is 2.69 bits per heavy atom. The first-order chi connectivity index (χ1) is 7.39. The molecule has 0 radical (unpaired) electrons. The third-order valence-corrected chi connectivity index (χ3v) is 3.12. The number of nitrogens with one attached hydrogen (secondary N) is 1. The number of hydrogen-bond donors (Lipinski definition) is 2. The molecule has 3 nitrogen and oxygen atoms in total. The Morgan fingerprint density at radius 1 is 1.44 bits per heavy atom. The summed E-state index contributed by atoms with van der Waals surface area (Å²) in [5.74, 6) is 0. The summed E-state index contributed by atoms with van der Waals surface area (Å²) in [6, 6.07) is 0.547. The van der Waals surface area contributed by atoms with Gasteiger partial charge in [0.25, 0.3) is 0 Å². The van der Waals surface area contributed by atoms with Gasteiger partial charge in [0.15, 0.2) is 0 Å². The van der Waals surface area contributed by atoms with Gasteiger partial charge in [0.1, 0.15) is 0 Å². The zero-order chi connectivity index (χ0) is 12.2. The van der Waals surface area contributed by atoms with Crippen molar-refractivity contribution in [2.75, 3.05) is 26.2 Å². The molecular formula is C13H28N2O. The van der Waals surface area contributed by atoms with Gasteiger partial charge in [-0.15, -0.1) is 0 Å². The van der Waals surface area contributed by atoms with E-state index < -0.39 is 0 Å². The number of β-amino-alcohol motifs (C(OH)–C–C–N with tert-alkyl or cyclic N) is 1. The van der Waals surface area contributed by atoms with E-state index in [1.165, 1.54) is 0 Å². The minimum Gasteiger partial charge on any atom is -0.392 e. The Kier molecular flexibility index (Phi) is 5.22. The van der Waals surface area contributed by atoms with E-state index in [4.69, 9.17) is 0 Å². The molecule has 1 aliphatic heterocycles. The first kappa shape index (κ1) is 13.9. The van der Waals surface area contributed by atoms with Crippen molar-refractivity contribution in [3.63, 3.8) is 0 Å². The predicted octanol–water partition coefficient (Wildman–Crippen LogP) is 1.47. The zero-order valence-electron chi connectivity index (χ0n) is 11.3. The summed E-state index contributed by atoms with van der Waals surface area (Å²) in [6.07, 6.45) is 2.00. The standard InChI is InChI=1S/C13H28N2O/c1-11(2)14-9-13(3,4)10-15-7-5-6-12(16)8-15/h11-12,14,16H,5-10H2,1-4H3. The van der Waals surface area contributed by atoms with Crippen molar-refractivity contribution in [3.8, 4) is 0 Å². The average Bonchev–Trinajstić information content (AvgIpc) is 2.14. The Balaban J connectivity index is 2.32. The van der Waals surface area contributed by atoms with E-state index >= 15 is 0 Å². The second-order valence-corrected chi connectivity index (χ2v) is 6.23. The van der Waals surface area contributed by atoms with Gasteiger partial charge in [0.05, 0.1) is 6.10 Å². The van der Waals surface area contributed by atoms with Crippen molar-refractivity contribution in [1.29, 1.82) is 0 Å². The quantitative estimate of drug-likeness (QED) is 0.748. The highest BCUT2D eigenvalue weighted by Gasteiger charge is 2.25. The summed E-state index contributed by atoms with van der Waals surface area (Å²) in [4.78, 5) is 2.40. The summed E-state index contributed by atoms with van der Waals surface area (Å²) in [5, 5.41) is 13.1. The lowest BCUT2D eigenvalue weighted by molar-refractivity contribution is 0.0498. The van der Waals surface area contributed by atoms with Crippen LogP contribution in [0.25, 0.3) is 0 Å². The molecule has 1 rings (SSSR count). The second-order valence-electron chi connectivity index (χ2n) is 6.23. The highest BCUT2D eigenvalue weighted by atomic mass is 16.3. The summed E-state index contributed by atoms with van der Waals surface area (Å²) in [6.45, 7) is 13.1. The molecule has 1 saturated heterocycles. The largest absolute Gasteiger partial charge is 0.392 e. The number of piperidine rings is 1. The molecule has 0 amide bonds. The van der Waals surface area contributed by atoms with E-state index in [1.54, 1.807) is 0 Å². The Hall–Kier alpha value is -0.120. The lowest BCUT2D eigenvalue weighted by atomic mass is 9.91. The molecule has 1 aliphatic rings. The van der Waals surface area contributed by atoms with Crippen LogP contribution in [0.4, 0.5) is 0 Å². The van der Waals surface area contributed by atoms with Gasteiger partial charge in [-0.05, 0) is 24.8 Å². The monoisotopic (exact) mass is 228 g/mol. The van der Waals surface area contributed by atoms with Crippen LogP contribution in [0.5, 0.6) is 0 Å². The maximum atomic E-state index is 9.64. The van der Waals surface area contributed by atoms with Gasteiger partial charge in [-0.3, -0.25) is 0 Å². The molecule has 1 heterocycles. The number of aliphatic hydroxyl groups is 1. The number of aliphatic hydroxyl groups excluding tert-OH is 1. The molecule has 0 spiro atoms. The fourth-order valence-electron chi connectivity index (χ4n) is 2.32. The fourth-order valence-corrected chi connectivity index (χ4v) is 2.32. The topological polar surface area (TPSA) is 35.5 Å². The fraction of sp³-hybridized carbons (Fsp3) is 1.00. The smallest absolute Gasteiger partial charge is 0.0667 e. The minimum absolute atomic E-state index is 0.109. The van der Waals surface area contributed by atoms with E-state index in [1.807, 2.05) is 0 Å². The van der Waals surface area contributed by atoms with Gasteiger partial charge in [0, 0.05) is 25.7 Å². The molecule has 0 aromatic carbocycles.